The van der Waals surface area contributed by atoms with Crippen molar-refractivity contribution in [2.24, 2.45) is 0 Å². The fourth-order valence-electron chi connectivity index (χ4n) is 1.58. The summed E-state index contributed by atoms with van der Waals surface area (Å²) >= 11 is 6.06. The van der Waals surface area contributed by atoms with Gasteiger partial charge >= 0.3 is 0 Å². The smallest absolute Gasteiger partial charge is 0.130 e. The van der Waals surface area contributed by atoms with Gasteiger partial charge in [-0.3, -0.25) is 0 Å². The Kier molecular flexibility index (Phi) is 3.70. The molecule has 14 heavy (non-hydrogen) atoms. The molecule has 1 unspecified atom stereocenters. The van der Waals surface area contributed by atoms with E-state index in [1.165, 1.54) is 5.56 Å². The van der Waals surface area contributed by atoms with E-state index in [0.29, 0.717) is 6.42 Å². The summed E-state index contributed by atoms with van der Waals surface area (Å²) < 4.78 is 0. The van der Waals surface area contributed by atoms with Crippen molar-refractivity contribution in [3.63, 3.8) is 0 Å². The third kappa shape index (κ3) is 2.85. The number of hydrogen-bond donors (Lipinski definition) is 0. The molecular formula is C12H15ClO. The molecule has 0 spiro atoms. The van der Waals surface area contributed by atoms with E-state index in [1.54, 1.807) is 6.92 Å². The molecule has 0 aliphatic heterocycles. The highest BCUT2D eigenvalue weighted by Crippen LogP contribution is 2.27. The predicted octanol–water partition coefficient (Wildman–Crippen LogP) is 3.73. The van der Waals surface area contributed by atoms with Crippen LogP contribution in [0.15, 0.2) is 18.2 Å². The molecule has 0 aliphatic rings. The van der Waals surface area contributed by atoms with E-state index < -0.39 is 0 Å². The van der Waals surface area contributed by atoms with Crippen LogP contribution in [0.1, 0.15) is 37.3 Å². The Morgan fingerprint density at radius 1 is 1.50 bits per heavy atom. The van der Waals surface area contributed by atoms with Gasteiger partial charge in [-0.25, -0.2) is 0 Å². The zero-order valence-electron chi connectivity index (χ0n) is 8.80. The van der Waals surface area contributed by atoms with Crippen LogP contribution < -0.4 is 0 Å². The second-order valence-electron chi connectivity index (χ2n) is 3.83. The van der Waals surface area contributed by atoms with Crippen molar-refractivity contribution in [1.29, 1.82) is 0 Å². The number of ketones is 1. The number of hydrogen-bond acceptors (Lipinski definition) is 1. The number of aryl methyl sites for hydroxylation is 1. The highest BCUT2D eigenvalue weighted by atomic mass is 35.5. The Morgan fingerprint density at radius 2 is 2.14 bits per heavy atom. The van der Waals surface area contributed by atoms with Crippen LogP contribution in [0.2, 0.25) is 5.02 Å². The van der Waals surface area contributed by atoms with Crippen molar-refractivity contribution in [3.8, 4) is 0 Å². The summed E-state index contributed by atoms with van der Waals surface area (Å²) in [6, 6.07) is 5.92. The van der Waals surface area contributed by atoms with Crippen LogP contribution in [0.25, 0.3) is 0 Å². The molecule has 2 heteroatoms. The molecule has 0 saturated carbocycles. The zero-order chi connectivity index (χ0) is 10.7. The van der Waals surface area contributed by atoms with Crippen molar-refractivity contribution >= 4 is 17.4 Å². The molecule has 0 amide bonds. The van der Waals surface area contributed by atoms with E-state index in [2.05, 4.69) is 6.07 Å². The first-order valence-corrected chi connectivity index (χ1v) is 5.14. The van der Waals surface area contributed by atoms with Gasteiger partial charge in [-0.2, -0.15) is 0 Å². The predicted molar refractivity (Wildman–Crippen MR) is 59.9 cm³/mol. The minimum Gasteiger partial charge on any atom is -0.300 e. The first-order chi connectivity index (χ1) is 6.50. The summed E-state index contributed by atoms with van der Waals surface area (Å²) in [4.78, 5) is 11.0. The van der Waals surface area contributed by atoms with Crippen LogP contribution >= 0.6 is 11.6 Å². The lowest BCUT2D eigenvalue weighted by Gasteiger charge is -2.12. The maximum absolute atomic E-state index is 11.0. The van der Waals surface area contributed by atoms with Crippen LogP contribution in [0.3, 0.4) is 0 Å². The van der Waals surface area contributed by atoms with Crippen LogP contribution in [-0.2, 0) is 4.79 Å². The monoisotopic (exact) mass is 210 g/mol. The van der Waals surface area contributed by atoms with Gasteiger partial charge in [0.25, 0.3) is 0 Å². The van der Waals surface area contributed by atoms with Crippen LogP contribution in [-0.4, -0.2) is 5.78 Å². The van der Waals surface area contributed by atoms with Crippen molar-refractivity contribution < 1.29 is 4.79 Å². The Bertz CT molecular complexity index is 344. The van der Waals surface area contributed by atoms with E-state index in [-0.39, 0.29) is 11.7 Å². The second kappa shape index (κ2) is 4.61. The lowest BCUT2D eigenvalue weighted by molar-refractivity contribution is -0.117. The molecule has 1 rings (SSSR count). The number of carbonyl (C=O) groups is 1. The van der Waals surface area contributed by atoms with Gasteiger partial charge in [-0.15, -0.1) is 0 Å². The summed E-state index contributed by atoms with van der Waals surface area (Å²) in [5.74, 6) is 0.412. The molecule has 1 nitrogen and oxygen atoms in total. The number of halogens is 1. The number of benzene rings is 1. The summed E-state index contributed by atoms with van der Waals surface area (Å²) in [7, 11) is 0. The standard InChI is InChI=1S/C12H15ClO/c1-8-4-5-12(13)11(6-8)9(2)7-10(3)14/h4-6,9H,7H2,1-3H3. The first kappa shape index (κ1) is 11.3. The number of rotatable bonds is 3. The Balaban J connectivity index is 2.93. The maximum Gasteiger partial charge on any atom is 0.130 e. The Labute approximate surface area is 90.1 Å². The van der Waals surface area contributed by atoms with Gasteiger partial charge in [0.2, 0.25) is 0 Å². The van der Waals surface area contributed by atoms with Gasteiger partial charge in [-0.1, -0.05) is 36.2 Å². The Hall–Kier alpha value is -0.820. The molecule has 1 aromatic rings. The molecule has 1 aromatic carbocycles. The fraction of sp³-hybridized carbons (Fsp3) is 0.417. The van der Waals surface area contributed by atoms with Crippen molar-refractivity contribution in [2.45, 2.75) is 33.1 Å². The minimum absolute atomic E-state index is 0.204. The molecule has 0 N–H and O–H groups in total. The molecule has 0 fully saturated rings. The molecule has 0 radical (unpaired) electrons. The fourth-order valence-corrected chi connectivity index (χ4v) is 1.89. The van der Waals surface area contributed by atoms with E-state index in [4.69, 9.17) is 11.6 Å². The average molecular weight is 211 g/mol. The number of carbonyl (C=O) groups excluding carboxylic acids is 1. The lowest BCUT2D eigenvalue weighted by Crippen LogP contribution is -2.01. The third-order valence-corrected chi connectivity index (χ3v) is 2.62. The molecule has 0 saturated heterocycles. The van der Waals surface area contributed by atoms with Crippen molar-refractivity contribution in [3.05, 3.63) is 34.3 Å². The lowest BCUT2D eigenvalue weighted by atomic mass is 9.95. The summed E-state index contributed by atoms with van der Waals surface area (Å²) in [5, 5.41) is 0.754. The van der Waals surface area contributed by atoms with E-state index in [9.17, 15) is 4.79 Å². The molecule has 76 valence electrons. The Morgan fingerprint density at radius 3 is 2.71 bits per heavy atom. The summed E-state index contributed by atoms with van der Waals surface area (Å²) in [6.45, 7) is 5.67. The maximum atomic E-state index is 11.0. The topological polar surface area (TPSA) is 17.1 Å². The summed E-state index contributed by atoms with van der Waals surface area (Å²) in [5.41, 5.74) is 2.25. The van der Waals surface area contributed by atoms with Gasteiger partial charge in [0.15, 0.2) is 0 Å². The van der Waals surface area contributed by atoms with E-state index in [0.717, 1.165) is 10.6 Å². The van der Waals surface area contributed by atoms with Crippen molar-refractivity contribution in [2.75, 3.05) is 0 Å². The highest BCUT2D eigenvalue weighted by Gasteiger charge is 2.11. The van der Waals surface area contributed by atoms with Crippen molar-refractivity contribution in [1.82, 2.24) is 0 Å². The average Bonchev–Trinajstić information content (AvgIpc) is 2.08. The van der Waals surface area contributed by atoms with Crippen LogP contribution in [0.5, 0.6) is 0 Å². The number of Topliss-reactive ketones (excluding diaryl/α,β-unsaturated/α-hetero) is 1. The molecular weight excluding hydrogens is 196 g/mol. The van der Waals surface area contributed by atoms with Crippen LogP contribution in [0, 0.1) is 6.92 Å². The largest absolute Gasteiger partial charge is 0.300 e. The third-order valence-electron chi connectivity index (χ3n) is 2.28. The molecule has 0 aromatic heterocycles. The van der Waals surface area contributed by atoms with Gasteiger partial charge in [-0.05, 0) is 31.4 Å². The zero-order valence-corrected chi connectivity index (χ0v) is 9.56. The van der Waals surface area contributed by atoms with Gasteiger partial charge in [0.1, 0.15) is 5.78 Å². The van der Waals surface area contributed by atoms with Gasteiger partial charge < -0.3 is 4.79 Å². The quantitative estimate of drug-likeness (QED) is 0.743. The second-order valence-corrected chi connectivity index (χ2v) is 4.24. The molecule has 0 bridgehead atoms. The molecule has 0 aliphatic carbocycles. The molecule has 0 heterocycles. The van der Waals surface area contributed by atoms with E-state index >= 15 is 0 Å². The summed E-state index contributed by atoms with van der Waals surface area (Å²) in [6.07, 6.45) is 0.559. The normalized spacial score (nSPS) is 12.6. The first-order valence-electron chi connectivity index (χ1n) is 4.76. The highest BCUT2D eigenvalue weighted by molar-refractivity contribution is 6.31. The van der Waals surface area contributed by atoms with E-state index in [1.807, 2.05) is 26.0 Å². The van der Waals surface area contributed by atoms with Crippen LogP contribution in [0.4, 0.5) is 0 Å². The minimum atomic E-state index is 0.204. The SMILES string of the molecule is CC(=O)CC(C)c1cc(C)ccc1Cl. The van der Waals surface area contributed by atoms with Gasteiger partial charge in [0, 0.05) is 11.4 Å². The van der Waals surface area contributed by atoms with Gasteiger partial charge in [0.05, 0.1) is 0 Å². The molecule has 1 atom stereocenters.